The number of carbonyl (C=O) groups excluding carboxylic acids is 2. The van der Waals surface area contributed by atoms with Crippen LogP contribution >= 0.6 is 0 Å². The van der Waals surface area contributed by atoms with Gasteiger partial charge in [-0.15, -0.1) is 0 Å². The van der Waals surface area contributed by atoms with Crippen molar-refractivity contribution < 1.29 is 71.2 Å². The molecule has 0 aromatic heterocycles. The van der Waals surface area contributed by atoms with E-state index in [1.807, 2.05) is 20.8 Å². The van der Waals surface area contributed by atoms with Gasteiger partial charge < -0.3 is 66.9 Å². The fraction of sp³-hybridized carbons (Fsp3) is 0.879. The average Bonchev–Trinajstić information content (AvgIpc) is 3.05. The van der Waals surface area contributed by atoms with Crippen molar-refractivity contribution in [3.8, 4) is 0 Å². The summed E-state index contributed by atoms with van der Waals surface area (Å²) in [5, 5.41) is 2.63. The molecule has 0 radical (unpaired) electrons. The van der Waals surface area contributed by atoms with Gasteiger partial charge in [0.15, 0.2) is 0 Å². The van der Waals surface area contributed by atoms with Crippen LogP contribution in [0.15, 0.2) is 12.2 Å². The Morgan fingerprint density at radius 2 is 0.694 bits per heavy atom. The number of rotatable bonds is 37. The quantitative estimate of drug-likeness (QED) is 0.0562. The van der Waals surface area contributed by atoms with Crippen molar-refractivity contribution in [2.24, 2.45) is 0 Å². The fourth-order valence-corrected chi connectivity index (χ4v) is 3.16. The third kappa shape index (κ3) is 40.4. The lowest BCUT2D eigenvalue weighted by atomic mass is 10.2. The van der Waals surface area contributed by atoms with Crippen LogP contribution in [0.25, 0.3) is 0 Å². The van der Waals surface area contributed by atoms with Gasteiger partial charge in [0.1, 0.15) is 12.2 Å². The maximum absolute atomic E-state index is 11.5. The summed E-state index contributed by atoms with van der Waals surface area (Å²) in [5.41, 5.74) is -0.149. The standard InChI is InChI=1S/C33H63NO15/c1-30(2)31(35)48-29-28-47-27-26-46-25-24-45-23-22-44-21-20-43-19-18-42-17-16-41-15-14-40-13-12-39-11-10-38-9-8-37-7-6-34-32(36)49-33(3,4)5/h1,6-29H2,2-5H3,(H,34,36). The zero-order valence-electron chi connectivity index (χ0n) is 30.3. The highest BCUT2D eigenvalue weighted by Crippen LogP contribution is 2.06. The van der Waals surface area contributed by atoms with Crippen LogP contribution in [-0.2, 0) is 66.4 Å². The third-order valence-electron chi connectivity index (χ3n) is 5.44. The Kier molecular flexibility index (Phi) is 34.4. The predicted molar refractivity (Wildman–Crippen MR) is 179 cm³/mol. The minimum atomic E-state index is -0.515. The summed E-state index contributed by atoms with van der Waals surface area (Å²) in [5.74, 6) is -0.417. The first-order chi connectivity index (χ1) is 23.7. The van der Waals surface area contributed by atoms with Crippen molar-refractivity contribution in [1.29, 1.82) is 0 Å². The zero-order valence-corrected chi connectivity index (χ0v) is 30.3. The Bertz CT molecular complexity index is 767. The fourth-order valence-electron chi connectivity index (χ4n) is 3.16. The molecule has 0 saturated carbocycles. The van der Waals surface area contributed by atoms with Gasteiger partial charge in [-0.2, -0.15) is 0 Å². The number of nitrogens with one attached hydrogen (secondary N) is 1. The number of hydrogen-bond acceptors (Lipinski definition) is 15. The minimum absolute atomic E-state index is 0.194. The van der Waals surface area contributed by atoms with Gasteiger partial charge in [0, 0.05) is 12.1 Å². The van der Waals surface area contributed by atoms with E-state index in [9.17, 15) is 9.59 Å². The van der Waals surface area contributed by atoms with Crippen molar-refractivity contribution in [3.63, 3.8) is 0 Å². The van der Waals surface area contributed by atoms with E-state index in [4.69, 9.17) is 61.6 Å². The molecule has 0 fully saturated rings. The average molecular weight is 714 g/mol. The van der Waals surface area contributed by atoms with Crippen molar-refractivity contribution in [2.75, 3.05) is 159 Å². The monoisotopic (exact) mass is 713 g/mol. The van der Waals surface area contributed by atoms with Crippen molar-refractivity contribution in [1.82, 2.24) is 5.32 Å². The van der Waals surface area contributed by atoms with Crippen LogP contribution in [0.5, 0.6) is 0 Å². The molecule has 16 heteroatoms. The lowest BCUT2D eigenvalue weighted by Crippen LogP contribution is -2.34. The number of carbonyl (C=O) groups is 2. The Morgan fingerprint density at radius 1 is 0.449 bits per heavy atom. The molecule has 0 atom stereocenters. The molecule has 0 aromatic rings. The summed E-state index contributed by atoms with van der Waals surface area (Å²) >= 11 is 0. The molecule has 290 valence electrons. The number of alkyl carbamates (subject to hydrolysis) is 1. The van der Waals surface area contributed by atoms with E-state index in [-0.39, 0.29) is 6.61 Å². The highest BCUT2D eigenvalue weighted by Gasteiger charge is 2.15. The molecular weight excluding hydrogens is 650 g/mol. The summed E-state index contributed by atoms with van der Waals surface area (Å²) in [6.07, 6.45) is -0.456. The summed E-state index contributed by atoms with van der Waals surface area (Å²) < 4.78 is 69.8. The largest absolute Gasteiger partial charge is 0.460 e. The first kappa shape index (κ1) is 47.0. The summed E-state index contributed by atoms with van der Waals surface area (Å²) in [6, 6.07) is 0. The minimum Gasteiger partial charge on any atom is -0.460 e. The SMILES string of the molecule is C=C(C)C(=O)OCCOCCOCCOCCOCCOCCOCCOCCOCCOCCOCCOCCNC(=O)OC(C)(C)C. The van der Waals surface area contributed by atoms with Gasteiger partial charge in [0.2, 0.25) is 0 Å². The van der Waals surface area contributed by atoms with Crippen LogP contribution < -0.4 is 5.32 Å². The summed E-state index contributed by atoms with van der Waals surface area (Å²) in [4.78, 5) is 22.7. The van der Waals surface area contributed by atoms with Gasteiger partial charge in [0.25, 0.3) is 0 Å². The van der Waals surface area contributed by atoms with Crippen molar-refractivity contribution in [3.05, 3.63) is 12.2 Å². The first-order valence-corrected chi connectivity index (χ1v) is 16.9. The molecule has 0 aliphatic heterocycles. The Hall–Kier alpha value is -1.96. The van der Waals surface area contributed by atoms with Gasteiger partial charge >= 0.3 is 12.1 Å². The lowest BCUT2D eigenvalue weighted by molar-refractivity contribution is -0.140. The number of esters is 1. The highest BCUT2D eigenvalue weighted by atomic mass is 16.6. The van der Waals surface area contributed by atoms with E-state index in [0.717, 1.165) is 0 Å². The highest BCUT2D eigenvalue weighted by molar-refractivity contribution is 5.86. The smallest absolute Gasteiger partial charge is 0.407 e. The summed E-state index contributed by atoms with van der Waals surface area (Å²) in [6.45, 7) is 21.2. The molecule has 1 amide bonds. The van der Waals surface area contributed by atoms with E-state index < -0.39 is 17.7 Å². The molecule has 0 aliphatic carbocycles. The van der Waals surface area contributed by atoms with Crippen LogP contribution in [0.1, 0.15) is 27.7 Å². The topological polar surface area (TPSA) is 166 Å². The molecule has 0 saturated heterocycles. The maximum atomic E-state index is 11.5. The molecule has 0 unspecified atom stereocenters. The molecule has 49 heavy (non-hydrogen) atoms. The third-order valence-corrected chi connectivity index (χ3v) is 5.44. The second-order valence-corrected chi connectivity index (χ2v) is 11.1. The molecule has 0 aromatic carbocycles. The second kappa shape index (κ2) is 35.9. The van der Waals surface area contributed by atoms with Crippen LogP contribution in [0.2, 0.25) is 0 Å². The van der Waals surface area contributed by atoms with Crippen LogP contribution in [0.3, 0.4) is 0 Å². The van der Waals surface area contributed by atoms with E-state index in [0.29, 0.717) is 157 Å². The molecule has 1 N–H and O–H groups in total. The van der Waals surface area contributed by atoms with Crippen LogP contribution in [-0.4, -0.2) is 176 Å². The van der Waals surface area contributed by atoms with Crippen molar-refractivity contribution >= 4 is 12.1 Å². The van der Waals surface area contributed by atoms with Gasteiger partial charge in [-0.25, -0.2) is 9.59 Å². The van der Waals surface area contributed by atoms with Crippen LogP contribution in [0.4, 0.5) is 4.79 Å². The molecule has 0 heterocycles. The number of amides is 1. The zero-order chi connectivity index (χ0) is 36.1. The predicted octanol–water partition coefficient (Wildman–Crippen LogP) is 1.81. The second-order valence-electron chi connectivity index (χ2n) is 11.1. The molecule has 0 bridgehead atoms. The molecular formula is C33H63NO15. The summed E-state index contributed by atoms with van der Waals surface area (Å²) in [7, 11) is 0. The van der Waals surface area contributed by atoms with Gasteiger partial charge in [0.05, 0.1) is 145 Å². The lowest BCUT2D eigenvalue weighted by Gasteiger charge is -2.19. The number of hydrogen-bond donors (Lipinski definition) is 1. The molecule has 16 nitrogen and oxygen atoms in total. The normalized spacial score (nSPS) is 11.5. The number of ether oxygens (including phenoxy) is 13. The molecule has 0 rings (SSSR count). The van der Waals surface area contributed by atoms with Crippen molar-refractivity contribution in [2.45, 2.75) is 33.3 Å². The van der Waals surface area contributed by atoms with E-state index in [1.165, 1.54) is 0 Å². The Labute approximate surface area is 292 Å². The van der Waals surface area contributed by atoms with Gasteiger partial charge in [-0.3, -0.25) is 0 Å². The Morgan fingerprint density at radius 3 is 0.939 bits per heavy atom. The Balaban J connectivity index is 3.12. The molecule has 0 spiro atoms. The molecule has 0 aliphatic rings. The van der Waals surface area contributed by atoms with Crippen LogP contribution in [0, 0.1) is 0 Å². The van der Waals surface area contributed by atoms with E-state index in [2.05, 4.69) is 11.9 Å². The van der Waals surface area contributed by atoms with Gasteiger partial charge in [-0.05, 0) is 27.7 Å². The van der Waals surface area contributed by atoms with E-state index >= 15 is 0 Å². The first-order valence-electron chi connectivity index (χ1n) is 16.9. The van der Waals surface area contributed by atoms with Gasteiger partial charge in [-0.1, -0.05) is 6.58 Å². The van der Waals surface area contributed by atoms with E-state index in [1.54, 1.807) is 6.92 Å². The maximum Gasteiger partial charge on any atom is 0.407 e.